The normalized spacial score (nSPS) is 20.7. The smallest absolute Gasteiger partial charge is 0.272 e. The van der Waals surface area contributed by atoms with Crippen molar-refractivity contribution in [1.82, 2.24) is 19.8 Å². The highest BCUT2D eigenvalue weighted by atomic mass is 35.5. The molecule has 2 fully saturated rings. The number of amides is 1. The summed E-state index contributed by atoms with van der Waals surface area (Å²) in [4.78, 5) is 27.6. The monoisotopic (exact) mass is 415 g/mol. The predicted octanol–water partition coefficient (Wildman–Crippen LogP) is 2.15. The molecule has 2 aliphatic heterocycles. The quantitative estimate of drug-likeness (QED) is 0.774. The summed E-state index contributed by atoms with van der Waals surface area (Å²) >= 11 is 6.15. The highest BCUT2D eigenvalue weighted by Crippen LogP contribution is 2.33. The molecule has 2 aromatic heterocycles. The van der Waals surface area contributed by atoms with Crippen LogP contribution in [-0.4, -0.2) is 83.2 Å². The van der Waals surface area contributed by atoms with Gasteiger partial charge in [-0.25, -0.2) is 4.98 Å². The summed E-state index contributed by atoms with van der Waals surface area (Å²) in [6, 6.07) is 5.52. The number of rotatable bonds is 3. The average molecular weight is 416 g/mol. The van der Waals surface area contributed by atoms with E-state index in [-0.39, 0.29) is 12.0 Å². The van der Waals surface area contributed by atoms with Crippen molar-refractivity contribution in [3.05, 3.63) is 41.4 Å². The first-order valence-corrected chi connectivity index (χ1v) is 10.4. The summed E-state index contributed by atoms with van der Waals surface area (Å²) in [5.74, 6) is -0.0294. The van der Waals surface area contributed by atoms with E-state index in [9.17, 15) is 9.90 Å². The first-order valence-electron chi connectivity index (χ1n) is 10.0. The van der Waals surface area contributed by atoms with E-state index >= 15 is 0 Å². The number of β-amino-alcohol motifs (C(OH)–C–C–N with tert-alkyl or cyclic N) is 1. The second-order valence-electron chi connectivity index (χ2n) is 7.79. The molecule has 154 valence electrons. The van der Waals surface area contributed by atoms with Gasteiger partial charge in [-0.1, -0.05) is 17.7 Å². The van der Waals surface area contributed by atoms with Gasteiger partial charge in [-0.2, -0.15) is 0 Å². The molecule has 8 heteroatoms. The van der Waals surface area contributed by atoms with Crippen LogP contribution in [0, 0.1) is 0 Å². The van der Waals surface area contributed by atoms with Gasteiger partial charge >= 0.3 is 0 Å². The van der Waals surface area contributed by atoms with Crippen molar-refractivity contribution in [2.45, 2.75) is 18.9 Å². The van der Waals surface area contributed by atoms with Crippen LogP contribution in [0.25, 0.3) is 11.1 Å². The molecule has 2 saturated heterocycles. The number of halogens is 1. The van der Waals surface area contributed by atoms with E-state index in [1.807, 2.05) is 17.0 Å². The first kappa shape index (κ1) is 20.1. The van der Waals surface area contributed by atoms with Gasteiger partial charge in [0.15, 0.2) is 0 Å². The molecule has 0 saturated carbocycles. The molecule has 1 amide bonds. The maximum Gasteiger partial charge on any atom is 0.272 e. The molecular formula is C21H26ClN5O2. The summed E-state index contributed by atoms with van der Waals surface area (Å²) in [6.07, 6.45) is 4.85. The zero-order valence-corrected chi connectivity index (χ0v) is 17.3. The lowest BCUT2D eigenvalue weighted by Gasteiger charge is -2.33. The van der Waals surface area contributed by atoms with Gasteiger partial charge in [-0.3, -0.25) is 9.78 Å². The Morgan fingerprint density at radius 3 is 2.62 bits per heavy atom. The zero-order valence-electron chi connectivity index (χ0n) is 16.6. The first-order chi connectivity index (χ1) is 14.0. The molecule has 4 heterocycles. The Morgan fingerprint density at radius 1 is 1.14 bits per heavy atom. The molecule has 0 bridgehead atoms. The Labute approximate surface area is 175 Å². The third-order valence-corrected chi connectivity index (χ3v) is 5.88. The topological polar surface area (TPSA) is 72.8 Å². The van der Waals surface area contributed by atoms with Crippen LogP contribution in [0.5, 0.6) is 0 Å². The molecule has 0 unspecified atom stereocenters. The van der Waals surface area contributed by atoms with Gasteiger partial charge in [-0.15, -0.1) is 0 Å². The molecule has 2 aromatic rings. The SMILES string of the molecule is CN1CCN(C(=O)c2ccc(-c3cnc(Cl)cc3N3CCC[C@H](O)C3)cn2)CC1. The molecule has 1 N–H and O–H groups in total. The van der Waals surface area contributed by atoms with E-state index < -0.39 is 0 Å². The number of carbonyl (C=O) groups is 1. The molecule has 2 aliphatic rings. The lowest BCUT2D eigenvalue weighted by atomic mass is 10.0. The number of hydrogen-bond acceptors (Lipinski definition) is 6. The van der Waals surface area contributed by atoms with Gasteiger partial charge in [0.1, 0.15) is 10.8 Å². The largest absolute Gasteiger partial charge is 0.391 e. The number of carbonyl (C=O) groups excluding carboxylic acids is 1. The fourth-order valence-corrected chi connectivity index (χ4v) is 4.08. The molecule has 1 atom stereocenters. The van der Waals surface area contributed by atoms with Crippen LogP contribution in [0.4, 0.5) is 5.69 Å². The van der Waals surface area contributed by atoms with Crippen molar-refractivity contribution in [2.24, 2.45) is 0 Å². The van der Waals surface area contributed by atoms with Gasteiger partial charge in [0, 0.05) is 68.5 Å². The van der Waals surface area contributed by atoms with E-state index in [0.29, 0.717) is 17.4 Å². The van der Waals surface area contributed by atoms with Gasteiger partial charge in [0.05, 0.1) is 6.10 Å². The van der Waals surface area contributed by atoms with Crippen LogP contribution in [-0.2, 0) is 0 Å². The van der Waals surface area contributed by atoms with Gasteiger partial charge in [0.2, 0.25) is 0 Å². The van der Waals surface area contributed by atoms with Crippen LogP contribution >= 0.6 is 11.6 Å². The summed E-state index contributed by atoms with van der Waals surface area (Å²) < 4.78 is 0. The molecular weight excluding hydrogens is 390 g/mol. The maximum absolute atomic E-state index is 12.7. The number of aromatic nitrogens is 2. The van der Waals surface area contributed by atoms with Crippen molar-refractivity contribution in [3.8, 4) is 11.1 Å². The summed E-state index contributed by atoms with van der Waals surface area (Å²) in [6.45, 7) is 4.64. The number of hydrogen-bond donors (Lipinski definition) is 1. The second kappa shape index (κ2) is 8.65. The lowest BCUT2D eigenvalue weighted by molar-refractivity contribution is 0.0658. The van der Waals surface area contributed by atoms with Crippen LogP contribution in [0.2, 0.25) is 5.15 Å². The van der Waals surface area contributed by atoms with Crippen molar-refractivity contribution < 1.29 is 9.90 Å². The number of aliphatic hydroxyl groups is 1. The highest BCUT2D eigenvalue weighted by molar-refractivity contribution is 6.29. The minimum atomic E-state index is -0.342. The minimum absolute atomic E-state index is 0.0294. The number of aliphatic hydroxyl groups excluding tert-OH is 1. The third-order valence-electron chi connectivity index (χ3n) is 5.67. The molecule has 0 aromatic carbocycles. The van der Waals surface area contributed by atoms with Crippen LogP contribution in [0.1, 0.15) is 23.3 Å². The molecule has 0 radical (unpaired) electrons. The number of likely N-dealkylation sites (N-methyl/N-ethyl adjacent to an activating group) is 1. The maximum atomic E-state index is 12.7. The van der Waals surface area contributed by atoms with Gasteiger partial charge < -0.3 is 19.8 Å². The third kappa shape index (κ3) is 4.52. The Morgan fingerprint density at radius 2 is 1.93 bits per heavy atom. The zero-order chi connectivity index (χ0) is 20.4. The number of piperazine rings is 1. The number of nitrogens with zero attached hydrogens (tertiary/aromatic N) is 5. The molecule has 29 heavy (non-hydrogen) atoms. The van der Waals surface area contributed by atoms with Crippen molar-refractivity contribution >= 4 is 23.2 Å². The van der Waals surface area contributed by atoms with E-state index in [0.717, 1.165) is 62.4 Å². The molecule has 7 nitrogen and oxygen atoms in total. The van der Waals surface area contributed by atoms with E-state index in [4.69, 9.17) is 11.6 Å². The number of piperidine rings is 1. The van der Waals surface area contributed by atoms with Crippen LogP contribution < -0.4 is 4.90 Å². The Balaban J connectivity index is 1.57. The van der Waals surface area contributed by atoms with Crippen LogP contribution in [0.15, 0.2) is 30.6 Å². The average Bonchev–Trinajstić information content (AvgIpc) is 2.74. The Hall–Kier alpha value is -2.22. The van der Waals surface area contributed by atoms with E-state index in [2.05, 4.69) is 26.8 Å². The number of anilines is 1. The van der Waals surface area contributed by atoms with E-state index in [1.54, 1.807) is 18.5 Å². The molecule has 0 aliphatic carbocycles. The van der Waals surface area contributed by atoms with E-state index in [1.165, 1.54) is 0 Å². The highest BCUT2D eigenvalue weighted by Gasteiger charge is 2.23. The van der Waals surface area contributed by atoms with Gasteiger partial charge in [0.25, 0.3) is 5.91 Å². The minimum Gasteiger partial charge on any atom is -0.391 e. The fraction of sp³-hybridized carbons (Fsp3) is 0.476. The van der Waals surface area contributed by atoms with Crippen LogP contribution in [0.3, 0.4) is 0 Å². The summed E-state index contributed by atoms with van der Waals surface area (Å²) in [5, 5.41) is 10.5. The molecule has 4 rings (SSSR count). The van der Waals surface area contributed by atoms with Gasteiger partial charge in [-0.05, 0) is 32.0 Å². The van der Waals surface area contributed by atoms with Crippen molar-refractivity contribution in [1.29, 1.82) is 0 Å². The number of pyridine rings is 2. The van der Waals surface area contributed by atoms with Crippen molar-refractivity contribution in [3.63, 3.8) is 0 Å². The summed E-state index contributed by atoms with van der Waals surface area (Å²) in [7, 11) is 2.06. The Bertz CT molecular complexity index is 868. The lowest BCUT2D eigenvalue weighted by Crippen LogP contribution is -2.47. The molecule has 0 spiro atoms. The standard InChI is InChI=1S/C21H26ClN5O2/c1-25-7-9-26(10-8-25)21(29)18-5-4-15(12-23-18)17-13-24-20(22)11-19(17)27-6-2-3-16(28)14-27/h4-5,11-13,16,28H,2-3,6-10,14H2,1H3/t16-/m0/s1. The predicted molar refractivity (Wildman–Crippen MR) is 113 cm³/mol. The fourth-order valence-electron chi connectivity index (χ4n) is 3.93. The Kier molecular flexibility index (Phi) is 5.99. The second-order valence-corrected chi connectivity index (χ2v) is 8.18. The van der Waals surface area contributed by atoms with Crippen molar-refractivity contribution in [2.75, 3.05) is 51.2 Å². The summed E-state index contributed by atoms with van der Waals surface area (Å²) in [5.41, 5.74) is 3.16.